The van der Waals surface area contributed by atoms with Gasteiger partial charge in [0.15, 0.2) is 5.96 Å². The van der Waals surface area contributed by atoms with Crippen LogP contribution < -0.4 is 5.32 Å². The van der Waals surface area contributed by atoms with Crippen LogP contribution in [0.15, 0.2) is 22.5 Å². The lowest BCUT2D eigenvalue weighted by molar-refractivity contribution is 0.583. The number of nitrogens with zero attached hydrogens (tertiary/aromatic N) is 2. The summed E-state index contributed by atoms with van der Waals surface area (Å²) in [5.74, 6) is 0.932. The van der Waals surface area contributed by atoms with Crippen molar-refractivity contribution in [2.75, 3.05) is 27.7 Å². The Bertz CT molecular complexity index is 278. The van der Waals surface area contributed by atoms with Crippen molar-refractivity contribution in [1.82, 2.24) is 10.2 Å². The molecule has 0 unspecified atom stereocenters. The molecule has 0 amide bonds. The topological polar surface area (TPSA) is 27.6 Å². The van der Waals surface area contributed by atoms with E-state index in [0.717, 1.165) is 18.9 Å². The fourth-order valence-electron chi connectivity index (χ4n) is 1.19. The molecule has 0 radical (unpaired) electrons. The molecule has 0 aliphatic heterocycles. The van der Waals surface area contributed by atoms with Crippen molar-refractivity contribution in [1.29, 1.82) is 0 Å². The van der Waals surface area contributed by atoms with E-state index in [4.69, 9.17) is 0 Å². The fourth-order valence-corrected chi connectivity index (χ4v) is 1.90. The van der Waals surface area contributed by atoms with Crippen molar-refractivity contribution in [2.45, 2.75) is 6.42 Å². The Hall–Kier alpha value is -1.03. The van der Waals surface area contributed by atoms with Crippen LogP contribution in [-0.2, 0) is 6.42 Å². The molecular weight excluding hydrogens is 194 g/mol. The monoisotopic (exact) mass is 211 g/mol. The zero-order valence-corrected chi connectivity index (χ0v) is 9.77. The van der Waals surface area contributed by atoms with Gasteiger partial charge in [-0.1, -0.05) is 6.07 Å². The number of nitrogens with one attached hydrogen (secondary N) is 1. The molecule has 1 heterocycles. The third-order valence-electron chi connectivity index (χ3n) is 1.87. The Morgan fingerprint density at radius 3 is 2.86 bits per heavy atom. The average Bonchev–Trinajstić information content (AvgIpc) is 2.64. The molecule has 1 aromatic heterocycles. The number of aliphatic imine (C=N–C) groups is 1. The van der Waals surface area contributed by atoms with Crippen LogP contribution in [0.5, 0.6) is 0 Å². The molecule has 4 heteroatoms. The van der Waals surface area contributed by atoms with Gasteiger partial charge in [0.1, 0.15) is 0 Å². The first kappa shape index (κ1) is 11.0. The minimum Gasteiger partial charge on any atom is -0.356 e. The fraction of sp³-hybridized carbons (Fsp3) is 0.500. The van der Waals surface area contributed by atoms with E-state index in [2.05, 4.69) is 27.8 Å². The summed E-state index contributed by atoms with van der Waals surface area (Å²) in [7, 11) is 5.77. The third kappa shape index (κ3) is 3.38. The maximum atomic E-state index is 4.14. The van der Waals surface area contributed by atoms with Gasteiger partial charge in [0.2, 0.25) is 0 Å². The first-order chi connectivity index (χ1) is 6.74. The van der Waals surface area contributed by atoms with Crippen molar-refractivity contribution in [3.63, 3.8) is 0 Å². The van der Waals surface area contributed by atoms with Crippen molar-refractivity contribution >= 4 is 17.3 Å². The molecule has 1 N–H and O–H groups in total. The number of hydrogen-bond acceptors (Lipinski definition) is 2. The lowest BCUT2D eigenvalue weighted by Gasteiger charge is -2.16. The number of hydrogen-bond donors (Lipinski definition) is 1. The smallest absolute Gasteiger partial charge is 0.193 e. The molecule has 0 aliphatic carbocycles. The zero-order valence-electron chi connectivity index (χ0n) is 8.95. The van der Waals surface area contributed by atoms with Gasteiger partial charge in [-0.3, -0.25) is 4.99 Å². The van der Waals surface area contributed by atoms with E-state index in [1.54, 1.807) is 18.4 Å². The predicted octanol–water partition coefficient (Wildman–Crippen LogP) is 1.43. The second-order valence-corrected chi connectivity index (χ2v) is 4.23. The van der Waals surface area contributed by atoms with Crippen LogP contribution in [0, 0.1) is 0 Å². The van der Waals surface area contributed by atoms with Crippen molar-refractivity contribution < 1.29 is 0 Å². The molecular formula is C10H17N3S. The second kappa shape index (κ2) is 5.65. The Morgan fingerprint density at radius 1 is 1.57 bits per heavy atom. The molecule has 0 bridgehead atoms. The van der Waals surface area contributed by atoms with Crippen LogP contribution in [0.1, 0.15) is 4.88 Å². The van der Waals surface area contributed by atoms with E-state index in [9.17, 15) is 0 Å². The minimum absolute atomic E-state index is 0.932. The summed E-state index contributed by atoms with van der Waals surface area (Å²) in [6.07, 6.45) is 1.06. The largest absolute Gasteiger partial charge is 0.356 e. The van der Waals surface area contributed by atoms with Crippen molar-refractivity contribution in [2.24, 2.45) is 4.99 Å². The standard InChI is InChI=1S/C10H17N3S/c1-11-10(13(2)3)12-7-6-9-5-4-8-14-9/h4-5,8H,6-7H2,1-3H3,(H,11,12). The molecule has 0 aliphatic rings. The maximum absolute atomic E-state index is 4.14. The van der Waals surface area contributed by atoms with E-state index in [1.807, 2.05) is 19.0 Å². The van der Waals surface area contributed by atoms with Crippen LogP contribution in [0.2, 0.25) is 0 Å². The number of thiophene rings is 1. The predicted molar refractivity (Wildman–Crippen MR) is 63.1 cm³/mol. The molecule has 0 saturated heterocycles. The Kier molecular flexibility index (Phi) is 4.46. The number of rotatable bonds is 3. The highest BCUT2D eigenvalue weighted by Crippen LogP contribution is 2.07. The highest BCUT2D eigenvalue weighted by atomic mass is 32.1. The van der Waals surface area contributed by atoms with Gasteiger partial charge in [-0.05, 0) is 17.9 Å². The molecule has 3 nitrogen and oxygen atoms in total. The summed E-state index contributed by atoms with van der Waals surface area (Å²) in [4.78, 5) is 7.53. The van der Waals surface area contributed by atoms with Gasteiger partial charge >= 0.3 is 0 Å². The van der Waals surface area contributed by atoms with Gasteiger partial charge in [-0.2, -0.15) is 0 Å². The summed E-state index contributed by atoms with van der Waals surface area (Å²) in [5.41, 5.74) is 0. The number of guanidine groups is 1. The van der Waals surface area contributed by atoms with Crippen molar-refractivity contribution in [3.8, 4) is 0 Å². The Labute approximate surface area is 89.5 Å². The molecule has 0 aromatic carbocycles. The maximum Gasteiger partial charge on any atom is 0.193 e. The van der Waals surface area contributed by atoms with Gasteiger partial charge in [0.05, 0.1) is 0 Å². The minimum atomic E-state index is 0.932. The van der Waals surface area contributed by atoms with E-state index in [0.29, 0.717) is 0 Å². The zero-order chi connectivity index (χ0) is 10.4. The van der Waals surface area contributed by atoms with Crippen LogP contribution in [0.4, 0.5) is 0 Å². The SMILES string of the molecule is CN=C(NCCc1cccs1)N(C)C. The second-order valence-electron chi connectivity index (χ2n) is 3.20. The van der Waals surface area contributed by atoms with E-state index in [1.165, 1.54) is 4.88 Å². The molecule has 14 heavy (non-hydrogen) atoms. The molecule has 78 valence electrons. The molecule has 0 atom stereocenters. The van der Waals surface area contributed by atoms with Gasteiger partial charge in [-0.25, -0.2) is 0 Å². The normalized spacial score (nSPS) is 11.5. The van der Waals surface area contributed by atoms with Crippen LogP contribution in [0.25, 0.3) is 0 Å². The lowest BCUT2D eigenvalue weighted by atomic mass is 10.3. The molecule has 1 rings (SSSR count). The Balaban J connectivity index is 2.27. The summed E-state index contributed by atoms with van der Waals surface area (Å²) in [6.45, 7) is 0.936. The Morgan fingerprint density at radius 2 is 2.36 bits per heavy atom. The quantitative estimate of drug-likeness (QED) is 0.605. The van der Waals surface area contributed by atoms with Crippen LogP contribution in [-0.4, -0.2) is 38.5 Å². The van der Waals surface area contributed by atoms with E-state index < -0.39 is 0 Å². The summed E-state index contributed by atoms with van der Waals surface area (Å²) in [5, 5.41) is 5.40. The summed E-state index contributed by atoms with van der Waals surface area (Å²) in [6, 6.07) is 4.24. The van der Waals surface area contributed by atoms with Gasteiger partial charge in [-0.15, -0.1) is 11.3 Å². The first-order valence-electron chi connectivity index (χ1n) is 4.64. The summed E-state index contributed by atoms with van der Waals surface area (Å²) < 4.78 is 0. The molecule has 0 fully saturated rings. The molecule has 0 saturated carbocycles. The van der Waals surface area contributed by atoms with Gasteiger partial charge in [0, 0.05) is 32.6 Å². The van der Waals surface area contributed by atoms with E-state index >= 15 is 0 Å². The van der Waals surface area contributed by atoms with Gasteiger partial charge in [0.25, 0.3) is 0 Å². The van der Waals surface area contributed by atoms with Crippen LogP contribution >= 0.6 is 11.3 Å². The van der Waals surface area contributed by atoms with Crippen molar-refractivity contribution in [3.05, 3.63) is 22.4 Å². The van der Waals surface area contributed by atoms with E-state index in [-0.39, 0.29) is 0 Å². The highest BCUT2D eigenvalue weighted by Gasteiger charge is 1.99. The third-order valence-corrected chi connectivity index (χ3v) is 2.81. The molecule has 0 spiro atoms. The van der Waals surface area contributed by atoms with Crippen LogP contribution in [0.3, 0.4) is 0 Å². The molecule has 1 aromatic rings. The highest BCUT2D eigenvalue weighted by molar-refractivity contribution is 7.09. The summed E-state index contributed by atoms with van der Waals surface area (Å²) >= 11 is 1.80. The first-order valence-corrected chi connectivity index (χ1v) is 5.52. The van der Waals surface area contributed by atoms with Gasteiger partial charge < -0.3 is 10.2 Å². The lowest BCUT2D eigenvalue weighted by Crippen LogP contribution is -2.37. The average molecular weight is 211 g/mol.